The average Bonchev–Trinajstić information content (AvgIpc) is 2.97. The fourth-order valence-electron chi connectivity index (χ4n) is 1.45. The van der Waals surface area contributed by atoms with Crippen LogP contribution in [0.4, 0.5) is 0 Å². The van der Waals surface area contributed by atoms with E-state index in [9.17, 15) is 8.42 Å². The van der Waals surface area contributed by atoms with Gasteiger partial charge in [-0.25, -0.2) is 13.1 Å². The largest absolute Gasteiger partial charge is 0.320 e. The van der Waals surface area contributed by atoms with Gasteiger partial charge in [-0.05, 0) is 17.5 Å². The monoisotopic (exact) mass is 307 g/mol. The van der Waals surface area contributed by atoms with E-state index in [1.54, 1.807) is 0 Å². The van der Waals surface area contributed by atoms with Crippen LogP contribution in [-0.2, 0) is 16.6 Å². The van der Waals surface area contributed by atoms with Crippen molar-refractivity contribution < 1.29 is 8.42 Å². The maximum Gasteiger partial charge on any atom is 0.242 e. The van der Waals surface area contributed by atoms with E-state index < -0.39 is 10.0 Å². The predicted octanol–water partition coefficient (Wildman–Crippen LogP) is 0.932. The van der Waals surface area contributed by atoms with E-state index in [2.05, 4.69) is 21.5 Å². The van der Waals surface area contributed by atoms with E-state index in [1.807, 2.05) is 17.5 Å². The summed E-state index contributed by atoms with van der Waals surface area (Å²) < 4.78 is 26.8. The Labute approximate surface area is 121 Å². The fourth-order valence-corrected chi connectivity index (χ4v) is 3.18. The molecule has 0 aromatic carbocycles. The topological polar surface area (TPSA) is 85.1 Å². The summed E-state index contributed by atoms with van der Waals surface area (Å²) in [6.07, 6.45) is 2.80. The quantitative estimate of drug-likeness (QED) is 0.823. The van der Waals surface area contributed by atoms with E-state index in [0.29, 0.717) is 5.56 Å². The number of pyridine rings is 1. The molecule has 0 bridgehead atoms. The highest BCUT2D eigenvalue weighted by Gasteiger charge is 2.14. The summed E-state index contributed by atoms with van der Waals surface area (Å²) in [5.74, 6) is 5.42. The highest BCUT2D eigenvalue weighted by Crippen LogP contribution is 2.12. The maximum absolute atomic E-state index is 12.1. The van der Waals surface area contributed by atoms with Gasteiger partial charge in [-0.2, -0.15) is 0 Å². The molecule has 2 heterocycles. The number of nitrogens with one attached hydrogen (secondary N) is 1. The Morgan fingerprint density at radius 1 is 1.40 bits per heavy atom. The van der Waals surface area contributed by atoms with Crippen LogP contribution in [0.5, 0.6) is 0 Å². The van der Waals surface area contributed by atoms with Gasteiger partial charge in [0.1, 0.15) is 4.90 Å². The highest BCUT2D eigenvalue weighted by atomic mass is 32.2. The van der Waals surface area contributed by atoms with E-state index in [-0.39, 0.29) is 18.0 Å². The number of hydrogen-bond donors (Lipinski definition) is 2. The van der Waals surface area contributed by atoms with Crippen LogP contribution >= 0.6 is 11.3 Å². The van der Waals surface area contributed by atoms with Crippen molar-refractivity contribution in [2.75, 3.05) is 6.54 Å². The standard InChI is InChI=1S/C13H13N3O2S2/c14-5-1-3-11-7-13(10-15-8-11)20(17,18)16-9-12-4-2-6-19-12/h2,4,6-8,10,16H,5,9,14H2. The first-order valence-corrected chi connectivity index (χ1v) is 8.14. The molecule has 0 amide bonds. The van der Waals surface area contributed by atoms with Gasteiger partial charge in [-0.3, -0.25) is 4.98 Å². The van der Waals surface area contributed by atoms with Crippen molar-refractivity contribution in [2.24, 2.45) is 5.73 Å². The third kappa shape index (κ3) is 3.88. The van der Waals surface area contributed by atoms with Crippen molar-refractivity contribution in [1.29, 1.82) is 0 Å². The molecule has 7 heteroatoms. The lowest BCUT2D eigenvalue weighted by Gasteiger charge is -2.05. The van der Waals surface area contributed by atoms with Crippen LogP contribution in [0.2, 0.25) is 0 Å². The highest BCUT2D eigenvalue weighted by molar-refractivity contribution is 7.89. The minimum Gasteiger partial charge on any atom is -0.320 e. The zero-order valence-electron chi connectivity index (χ0n) is 10.5. The number of sulfonamides is 1. The molecule has 0 atom stereocenters. The van der Waals surface area contributed by atoms with Gasteiger partial charge < -0.3 is 5.73 Å². The molecule has 0 aliphatic carbocycles. The smallest absolute Gasteiger partial charge is 0.242 e. The van der Waals surface area contributed by atoms with Crippen LogP contribution in [0, 0.1) is 11.8 Å². The van der Waals surface area contributed by atoms with Gasteiger partial charge in [0.15, 0.2) is 0 Å². The average molecular weight is 307 g/mol. The second-order valence-corrected chi connectivity index (χ2v) is 6.62. The van der Waals surface area contributed by atoms with E-state index in [0.717, 1.165) is 4.88 Å². The van der Waals surface area contributed by atoms with Gasteiger partial charge in [0, 0.05) is 29.4 Å². The molecule has 20 heavy (non-hydrogen) atoms. The number of rotatable bonds is 4. The molecular weight excluding hydrogens is 294 g/mol. The lowest BCUT2D eigenvalue weighted by Crippen LogP contribution is -2.23. The third-order valence-corrected chi connectivity index (χ3v) is 4.62. The number of nitrogens with two attached hydrogens (primary N) is 1. The molecular formula is C13H13N3O2S2. The first-order chi connectivity index (χ1) is 9.62. The van der Waals surface area contributed by atoms with Crippen LogP contribution in [0.1, 0.15) is 10.4 Å². The Morgan fingerprint density at radius 2 is 2.25 bits per heavy atom. The Bertz CT molecular complexity index is 728. The number of nitrogens with zero attached hydrogens (tertiary/aromatic N) is 1. The summed E-state index contributed by atoms with van der Waals surface area (Å²) in [7, 11) is -3.59. The van der Waals surface area contributed by atoms with Crippen molar-refractivity contribution in [1.82, 2.24) is 9.71 Å². The molecule has 5 nitrogen and oxygen atoms in total. The molecule has 0 saturated carbocycles. The molecule has 0 aliphatic rings. The summed E-state index contributed by atoms with van der Waals surface area (Å²) in [4.78, 5) is 4.93. The van der Waals surface area contributed by atoms with Gasteiger partial charge in [0.2, 0.25) is 10.0 Å². The van der Waals surface area contributed by atoms with Gasteiger partial charge >= 0.3 is 0 Å². The van der Waals surface area contributed by atoms with Gasteiger partial charge in [0.25, 0.3) is 0 Å². The Kier molecular flexibility index (Phi) is 4.87. The van der Waals surface area contributed by atoms with Gasteiger partial charge in [-0.15, -0.1) is 11.3 Å². The van der Waals surface area contributed by atoms with Crippen LogP contribution < -0.4 is 10.5 Å². The molecule has 0 unspecified atom stereocenters. The normalized spacial score (nSPS) is 10.8. The minimum atomic E-state index is -3.59. The van der Waals surface area contributed by atoms with Crippen molar-refractivity contribution in [3.63, 3.8) is 0 Å². The van der Waals surface area contributed by atoms with Crippen LogP contribution in [0.25, 0.3) is 0 Å². The maximum atomic E-state index is 12.1. The van der Waals surface area contributed by atoms with Crippen LogP contribution in [0.3, 0.4) is 0 Å². The Balaban J connectivity index is 2.16. The van der Waals surface area contributed by atoms with Crippen LogP contribution in [-0.4, -0.2) is 19.9 Å². The van der Waals surface area contributed by atoms with Crippen molar-refractivity contribution in [3.05, 3.63) is 46.4 Å². The molecule has 0 spiro atoms. The SMILES string of the molecule is NCC#Cc1cncc(S(=O)(=O)NCc2cccs2)c1. The van der Waals surface area contributed by atoms with Gasteiger partial charge in [-0.1, -0.05) is 17.9 Å². The predicted molar refractivity (Wildman–Crippen MR) is 78.5 cm³/mol. The molecule has 0 saturated heterocycles. The van der Waals surface area contributed by atoms with Crippen molar-refractivity contribution in [3.8, 4) is 11.8 Å². The molecule has 2 aromatic heterocycles. The molecule has 0 aliphatic heterocycles. The number of hydrogen-bond acceptors (Lipinski definition) is 5. The number of thiophene rings is 1. The first-order valence-electron chi connectivity index (χ1n) is 5.78. The number of aromatic nitrogens is 1. The van der Waals surface area contributed by atoms with E-state index >= 15 is 0 Å². The second kappa shape index (κ2) is 6.63. The summed E-state index contributed by atoms with van der Waals surface area (Å²) in [5, 5.41) is 1.90. The minimum absolute atomic E-state index is 0.0953. The Hall–Kier alpha value is -1.72. The summed E-state index contributed by atoms with van der Waals surface area (Å²) in [6, 6.07) is 5.22. The summed E-state index contributed by atoms with van der Waals surface area (Å²) in [5.41, 5.74) is 5.80. The summed E-state index contributed by atoms with van der Waals surface area (Å²) >= 11 is 1.49. The fraction of sp³-hybridized carbons (Fsp3) is 0.154. The van der Waals surface area contributed by atoms with E-state index in [4.69, 9.17) is 5.73 Å². The van der Waals surface area contributed by atoms with E-state index in [1.165, 1.54) is 29.8 Å². The zero-order valence-corrected chi connectivity index (χ0v) is 12.2. The molecule has 3 N–H and O–H groups in total. The summed E-state index contributed by atoms with van der Waals surface area (Å²) in [6.45, 7) is 0.478. The molecule has 0 fully saturated rings. The van der Waals surface area contributed by atoms with Crippen molar-refractivity contribution >= 4 is 21.4 Å². The third-order valence-electron chi connectivity index (χ3n) is 2.37. The zero-order chi connectivity index (χ0) is 14.4. The van der Waals surface area contributed by atoms with Crippen molar-refractivity contribution in [2.45, 2.75) is 11.4 Å². The molecule has 2 rings (SSSR count). The lowest BCUT2D eigenvalue weighted by molar-refractivity contribution is 0.581. The van der Waals surface area contributed by atoms with Crippen LogP contribution in [0.15, 0.2) is 40.9 Å². The molecule has 0 radical (unpaired) electrons. The Morgan fingerprint density at radius 3 is 2.95 bits per heavy atom. The van der Waals surface area contributed by atoms with Gasteiger partial charge in [0.05, 0.1) is 6.54 Å². The second-order valence-electron chi connectivity index (χ2n) is 3.82. The molecule has 2 aromatic rings. The lowest BCUT2D eigenvalue weighted by atomic mass is 10.3. The molecule has 104 valence electrons. The first kappa shape index (κ1) is 14.7.